The van der Waals surface area contributed by atoms with E-state index in [1.54, 1.807) is 12.1 Å². The van der Waals surface area contributed by atoms with Crippen LogP contribution in [0.25, 0.3) is 0 Å². The quantitative estimate of drug-likeness (QED) is 0.793. The SMILES string of the molecule is CC(C#N)(Cc1ccco1)c1ccc(F)c(F)c1F. The minimum atomic E-state index is -1.57. The van der Waals surface area contributed by atoms with Gasteiger partial charge in [0.15, 0.2) is 17.5 Å². The number of halogens is 3. The van der Waals surface area contributed by atoms with Gasteiger partial charge in [-0.3, -0.25) is 0 Å². The zero-order valence-electron chi connectivity index (χ0n) is 10.1. The molecule has 0 spiro atoms. The van der Waals surface area contributed by atoms with Gasteiger partial charge in [0, 0.05) is 12.0 Å². The summed E-state index contributed by atoms with van der Waals surface area (Å²) in [5.74, 6) is -3.72. The average Bonchev–Trinajstić information content (AvgIpc) is 2.88. The van der Waals surface area contributed by atoms with E-state index in [9.17, 15) is 18.4 Å². The molecule has 1 unspecified atom stereocenters. The summed E-state index contributed by atoms with van der Waals surface area (Å²) in [6.07, 6.45) is 1.49. The molecule has 2 aromatic rings. The van der Waals surface area contributed by atoms with Gasteiger partial charge in [-0.1, -0.05) is 6.07 Å². The molecule has 0 aliphatic carbocycles. The maximum absolute atomic E-state index is 13.8. The van der Waals surface area contributed by atoms with Crippen molar-refractivity contribution in [2.45, 2.75) is 18.8 Å². The van der Waals surface area contributed by atoms with Crippen LogP contribution in [0.5, 0.6) is 0 Å². The number of hydrogen-bond acceptors (Lipinski definition) is 2. The summed E-state index contributed by atoms with van der Waals surface area (Å²) in [6, 6.07) is 7.09. The van der Waals surface area contributed by atoms with E-state index in [4.69, 9.17) is 4.42 Å². The first-order valence-electron chi connectivity index (χ1n) is 5.55. The van der Waals surface area contributed by atoms with Crippen molar-refractivity contribution in [3.63, 3.8) is 0 Å². The minimum Gasteiger partial charge on any atom is -0.469 e. The number of nitriles is 1. The number of nitrogens with zero attached hydrogens (tertiary/aromatic N) is 1. The van der Waals surface area contributed by atoms with Crippen LogP contribution >= 0.6 is 0 Å². The van der Waals surface area contributed by atoms with Crippen molar-refractivity contribution in [2.75, 3.05) is 0 Å². The Morgan fingerprint density at radius 2 is 1.95 bits per heavy atom. The van der Waals surface area contributed by atoms with Crippen molar-refractivity contribution >= 4 is 0 Å². The lowest BCUT2D eigenvalue weighted by Gasteiger charge is -2.21. The van der Waals surface area contributed by atoms with Crippen LogP contribution in [0.15, 0.2) is 34.9 Å². The topological polar surface area (TPSA) is 36.9 Å². The van der Waals surface area contributed by atoms with Gasteiger partial charge in [0.1, 0.15) is 5.76 Å². The van der Waals surface area contributed by atoms with E-state index in [1.165, 1.54) is 13.2 Å². The predicted molar refractivity (Wildman–Crippen MR) is 61.7 cm³/mol. The molecule has 0 N–H and O–H groups in total. The fraction of sp³-hybridized carbons (Fsp3) is 0.214. The van der Waals surface area contributed by atoms with Crippen LogP contribution in [0.1, 0.15) is 18.2 Å². The Morgan fingerprint density at radius 1 is 1.21 bits per heavy atom. The van der Waals surface area contributed by atoms with Crippen molar-refractivity contribution in [2.24, 2.45) is 0 Å². The molecule has 2 rings (SSSR count). The van der Waals surface area contributed by atoms with Gasteiger partial charge in [0.05, 0.1) is 17.7 Å². The molecule has 2 nitrogen and oxygen atoms in total. The van der Waals surface area contributed by atoms with Crippen LogP contribution in [0.2, 0.25) is 0 Å². The summed E-state index contributed by atoms with van der Waals surface area (Å²) in [4.78, 5) is 0. The first-order valence-corrected chi connectivity index (χ1v) is 5.55. The van der Waals surface area contributed by atoms with E-state index >= 15 is 0 Å². The molecule has 0 bridgehead atoms. The molecule has 0 saturated heterocycles. The smallest absolute Gasteiger partial charge is 0.194 e. The van der Waals surface area contributed by atoms with Crippen molar-refractivity contribution in [3.8, 4) is 6.07 Å². The molecule has 0 saturated carbocycles. The molecule has 0 aliphatic heterocycles. The Kier molecular flexibility index (Phi) is 3.34. The van der Waals surface area contributed by atoms with Crippen molar-refractivity contribution < 1.29 is 17.6 Å². The summed E-state index contributed by atoms with van der Waals surface area (Å²) in [7, 11) is 0. The van der Waals surface area contributed by atoms with Crippen LogP contribution < -0.4 is 0 Å². The fourth-order valence-corrected chi connectivity index (χ4v) is 1.91. The number of benzene rings is 1. The second-order valence-electron chi connectivity index (χ2n) is 4.42. The lowest BCUT2D eigenvalue weighted by Crippen LogP contribution is -2.25. The van der Waals surface area contributed by atoms with Gasteiger partial charge in [-0.15, -0.1) is 0 Å². The molecule has 0 aliphatic rings. The lowest BCUT2D eigenvalue weighted by molar-refractivity contribution is 0.414. The Labute approximate surface area is 108 Å². The highest BCUT2D eigenvalue weighted by atomic mass is 19.2. The van der Waals surface area contributed by atoms with Gasteiger partial charge in [-0.05, 0) is 25.1 Å². The van der Waals surface area contributed by atoms with Crippen LogP contribution in [0.3, 0.4) is 0 Å². The summed E-state index contributed by atoms with van der Waals surface area (Å²) < 4.78 is 45.0. The van der Waals surface area contributed by atoms with Gasteiger partial charge in [-0.25, -0.2) is 13.2 Å². The second kappa shape index (κ2) is 4.81. The normalized spacial score (nSPS) is 13.8. The molecular weight excluding hydrogens is 255 g/mol. The largest absolute Gasteiger partial charge is 0.469 e. The fourth-order valence-electron chi connectivity index (χ4n) is 1.91. The number of rotatable bonds is 3. The molecule has 98 valence electrons. The van der Waals surface area contributed by atoms with Gasteiger partial charge >= 0.3 is 0 Å². The molecule has 0 fully saturated rings. The highest BCUT2D eigenvalue weighted by Crippen LogP contribution is 2.31. The zero-order valence-corrected chi connectivity index (χ0v) is 10.1. The standard InChI is InChI=1S/C14H10F3NO/c1-14(8-18,7-9-3-2-6-19-9)10-4-5-11(15)13(17)12(10)16/h2-6H,7H2,1H3. The second-order valence-corrected chi connectivity index (χ2v) is 4.42. The van der Waals surface area contributed by atoms with Crippen molar-refractivity contribution in [1.82, 2.24) is 0 Å². The third kappa shape index (κ3) is 2.34. The molecule has 0 radical (unpaired) electrons. The maximum Gasteiger partial charge on any atom is 0.194 e. The van der Waals surface area contributed by atoms with Gasteiger partial charge < -0.3 is 4.42 Å². The summed E-state index contributed by atoms with van der Waals surface area (Å²) in [5.41, 5.74) is -1.53. The first-order chi connectivity index (χ1) is 8.98. The van der Waals surface area contributed by atoms with E-state index in [-0.39, 0.29) is 12.0 Å². The summed E-state index contributed by atoms with van der Waals surface area (Å²) in [6.45, 7) is 1.45. The Bertz CT molecular complexity index is 631. The highest BCUT2D eigenvalue weighted by Gasteiger charge is 2.33. The van der Waals surface area contributed by atoms with Crippen molar-refractivity contribution in [1.29, 1.82) is 5.26 Å². The predicted octanol–water partition coefficient (Wildman–Crippen LogP) is 3.72. The Morgan fingerprint density at radius 3 is 2.53 bits per heavy atom. The molecule has 19 heavy (non-hydrogen) atoms. The molecule has 1 aromatic heterocycles. The van der Waals surface area contributed by atoms with E-state index in [2.05, 4.69) is 0 Å². The van der Waals surface area contributed by atoms with Gasteiger partial charge in [0.2, 0.25) is 0 Å². The molecular formula is C14H10F3NO. The zero-order chi connectivity index (χ0) is 14.0. The van der Waals surface area contributed by atoms with Gasteiger partial charge in [-0.2, -0.15) is 5.26 Å². The molecule has 1 atom stereocenters. The summed E-state index contributed by atoms with van der Waals surface area (Å²) in [5, 5.41) is 9.25. The minimum absolute atomic E-state index is 0.0679. The van der Waals surface area contributed by atoms with E-state index in [0.717, 1.165) is 12.1 Å². The number of furan rings is 1. The number of hydrogen-bond donors (Lipinski definition) is 0. The van der Waals surface area contributed by atoms with Crippen LogP contribution in [-0.4, -0.2) is 0 Å². The highest BCUT2D eigenvalue weighted by molar-refractivity contribution is 5.35. The maximum atomic E-state index is 13.8. The van der Waals surface area contributed by atoms with Crippen LogP contribution in [-0.2, 0) is 11.8 Å². The monoisotopic (exact) mass is 265 g/mol. The van der Waals surface area contributed by atoms with E-state index < -0.39 is 22.9 Å². The Hall–Kier alpha value is -2.22. The molecule has 1 aromatic carbocycles. The van der Waals surface area contributed by atoms with Crippen LogP contribution in [0.4, 0.5) is 13.2 Å². The van der Waals surface area contributed by atoms with Crippen molar-refractivity contribution in [3.05, 3.63) is 59.3 Å². The van der Waals surface area contributed by atoms with E-state index in [0.29, 0.717) is 5.76 Å². The Balaban J connectivity index is 2.48. The third-order valence-electron chi connectivity index (χ3n) is 2.98. The molecule has 1 heterocycles. The molecule has 5 heteroatoms. The first kappa shape index (κ1) is 13.2. The van der Waals surface area contributed by atoms with E-state index in [1.807, 2.05) is 6.07 Å². The van der Waals surface area contributed by atoms with Crippen LogP contribution in [0, 0.1) is 28.8 Å². The molecule has 0 amide bonds. The average molecular weight is 265 g/mol. The lowest BCUT2D eigenvalue weighted by atomic mass is 9.80. The van der Waals surface area contributed by atoms with Gasteiger partial charge in [0.25, 0.3) is 0 Å². The summed E-state index contributed by atoms with van der Waals surface area (Å²) >= 11 is 0. The third-order valence-corrected chi connectivity index (χ3v) is 2.98.